The van der Waals surface area contributed by atoms with E-state index < -0.39 is 0 Å². The summed E-state index contributed by atoms with van der Waals surface area (Å²) in [4.78, 5) is 24.3. The fraction of sp³-hybridized carbons (Fsp3) is 0.857. The molecule has 0 bridgehead atoms. The van der Waals surface area contributed by atoms with Crippen molar-refractivity contribution in [2.45, 2.75) is 45.4 Å². The van der Waals surface area contributed by atoms with Crippen molar-refractivity contribution in [3.63, 3.8) is 0 Å². The molecule has 2 amide bonds. The van der Waals surface area contributed by atoms with E-state index in [1.165, 1.54) is 0 Å². The summed E-state index contributed by atoms with van der Waals surface area (Å²) in [6, 6.07) is 0. The highest BCUT2D eigenvalue weighted by molar-refractivity contribution is 5.75. The van der Waals surface area contributed by atoms with Crippen LogP contribution in [0, 0.1) is 5.92 Å². The van der Waals surface area contributed by atoms with Gasteiger partial charge in [-0.3, -0.25) is 15.0 Å². The third kappa shape index (κ3) is 7.45. The lowest BCUT2D eigenvalue weighted by molar-refractivity contribution is -0.121. The molecule has 0 atom stereocenters. The summed E-state index contributed by atoms with van der Waals surface area (Å²) in [6.45, 7) is 5.73. The highest BCUT2D eigenvalue weighted by atomic mass is 16.2. The van der Waals surface area contributed by atoms with E-state index in [2.05, 4.69) is 15.6 Å². The Morgan fingerprint density at radius 2 is 1.90 bits per heavy atom. The maximum Gasteiger partial charge on any atom is 0.233 e. The molecule has 0 saturated carbocycles. The van der Waals surface area contributed by atoms with E-state index in [-0.39, 0.29) is 11.8 Å². The van der Waals surface area contributed by atoms with E-state index in [9.17, 15) is 9.59 Å². The minimum Gasteiger partial charge on any atom is -0.356 e. The number of unbranched alkanes of at least 4 members (excludes halogenated alkanes) is 2. The van der Waals surface area contributed by atoms with Crippen molar-refractivity contribution in [3.8, 4) is 0 Å². The Balaban J connectivity index is 1.99. The Hall–Kier alpha value is -1.14. The number of nitrogens with two attached hydrogens (primary N) is 1. The number of nitrogens with zero attached hydrogens (tertiary/aromatic N) is 1. The highest BCUT2D eigenvalue weighted by Gasteiger charge is 2.18. The van der Waals surface area contributed by atoms with E-state index >= 15 is 0 Å². The van der Waals surface area contributed by atoms with E-state index in [1.54, 1.807) is 6.92 Å². The summed E-state index contributed by atoms with van der Waals surface area (Å²) < 4.78 is 0. The molecule has 1 fully saturated rings. The van der Waals surface area contributed by atoms with Gasteiger partial charge in [0.25, 0.3) is 0 Å². The van der Waals surface area contributed by atoms with Gasteiger partial charge < -0.3 is 10.2 Å². The first-order chi connectivity index (χ1) is 9.61. The lowest BCUT2D eigenvalue weighted by atomic mass is 9.96. The number of nitrogens with one attached hydrogen (secondary N) is 2. The third-order valence-electron chi connectivity index (χ3n) is 3.89. The van der Waals surface area contributed by atoms with Crippen LogP contribution in [0.25, 0.3) is 0 Å². The van der Waals surface area contributed by atoms with Crippen LogP contribution in [0.3, 0.4) is 0 Å². The Morgan fingerprint density at radius 3 is 2.50 bits per heavy atom. The first-order valence-electron chi connectivity index (χ1n) is 7.58. The van der Waals surface area contributed by atoms with Gasteiger partial charge in [-0.25, -0.2) is 5.84 Å². The second-order valence-electron chi connectivity index (χ2n) is 5.60. The molecular formula is C14H28N4O2. The molecule has 20 heavy (non-hydrogen) atoms. The topological polar surface area (TPSA) is 87.5 Å². The number of carbonyl (C=O) groups excluding carboxylic acids is 2. The standard InChI is InChI=1S/C14H28N4O2/c1-12(19)16-11-13-6-9-18(10-7-13)8-4-2-3-5-14(20)17-15/h13H,2-11,15H2,1H3,(H,16,19)(H,17,20). The van der Waals surface area contributed by atoms with Crippen molar-refractivity contribution in [1.82, 2.24) is 15.6 Å². The molecule has 1 saturated heterocycles. The van der Waals surface area contributed by atoms with E-state index in [0.29, 0.717) is 12.3 Å². The van der Waals surface area contributed by atoms with Gasteiger partial charge >= 0.3 is 0 Å². The van der Waals surface area contributed by atoms with Crippen LogP contribution in [-0.2, 0) is 9.59 Å². The highest BCUT2D eigenvalue weighted by Crippen LogP contribution is 2.17. The number of piperidine rings is 1. The average Bonchev–Trinajstić information content (AvgIpc) is 2.45. The van der Waals surface area contributed by atoms with Crippen LogP contribution in [0.15, 0.2) is 0 Å². The number of hydrogen-bond donors (Lipinski definition) is 3. The molecule has 1 aliphatic heterocycles. The van der Waals surface area contributed by atoms with Crippen LogP contribution in [-0.4, -0.2) is 42.9 Å². The molecule has 0 unspecified atom stereocenters. The van der Waals surface area contributed by atoms with Gasteiger partial charge in [-0.1, -0.05) is 6.42 Å². The zero-order chi connectivity index (χ0) is 14.8. The molecule has 0 aromatic rings. The number of hydrazine groups is 1. The quantitative estimate of drug-likeness (QED) is 0.260. The molecule has 0 aliphatic carbocycles. The van der Waals surface area contributed by atoms with Crippen molar-refractivity contribution >= 4 is 11.8 Å². The molecule has 0 aromatic heterocycles. The zero-order valence-electron chi connectivity index (χ0n) is 12.5. The van der Waals surface area contributed by atoms with Gasteiger partial charge in [-0.15, -0.1) is 0 Å². The smallest absolute Gasteiger partial charge is 0.233 e. The Bertz CT molecular complexity index is 302. The van der Waals surface area contributed by atoms with Gasteiger partial charge in [-0.05, 0) is 51.2 Å². The molecule has 1 heterocycles. The number of likely N-dealkylation sites (tertiary alicyclic amines) is 1. The molecule has 0 radical (unpaired) electrons. The second kappa shape index (κ2) is 9.72. The van der Waals surface area contributed by atoms with Crippen LogP contribution in [0.1, 0.15) is 45.4 Å². The minimum atomic E-state index is -0.0798. The van der Waals surface area contributed by atoms with Crippen molar-refractivity contribution in [2.24, 2.45) is 11.8 Å². The molecule has 1 rings (SSSR count). The summed E-state index contributed by atoms with van der Waals surface area (Å²) in [5.74, 6) is 5.64. The molecule has 0 spiro atoms. The first-order valence-corrected chi connectivity index (χ1v) is 7.58. The summed E-state index contributed by atoms with van der Waals surface area (Å²) in [5.41, 5.74) is 2.15. The lowest BCUT2D eigenvalue weighted by Gasteiger charge is -2.31. The summed E-state index contributed by atoms with van der Waals surface area (Å²) in [5, 5.41) is 2.90. The maximum atomic E-state index is 10.9. The van der Waals surface area contributed by atoms with Gasteiger partial charge in [0.05, 0.1) is 0 Å². The van der Waals surface area contributed by atoms with Crippen LogP contribution in [0.5, 0.6) is 0 Å². The number of hydrogen-bond acceptors (Lipinski definition) is 4. The lowest BCUT2D eigenvalue weighted by Crippen LogP contribution is -2.38. The van der Waals surface area contributed by atoms with Gasteiger partial charge in [-0.2, -0.15) is 0 Å². The molecular weight excluding hydrogens is 256 g/mol. The second-order valence-corrected chi connectivity index (χ2v) is 5.60. The minimum absolute atomic E-state index is 0.0638. The molecule has 6 nitrogen and oxygen atoms in total. The van der Waals surface area contributed by atoms with E-state index in [1.807, 2.05) is 0 Å². The molecule has 0 aromatic carbocycles. The normalized spacial score (nSPS) is 16.9. The predicted octanol–water partition coefficient (Wildman–Crippen LogP) is 0.385. The van der Waals surface area contributed by atoms with Crippen molar-refractivity contribution in [2.75, 3.05) is 26.2 Å². The molecule has 6 heteroatoms. The summed E-state index contributed by atoms with van der Waals surface area (Å²) >= 11 is 0. The van der Waals surface area contributed by atoms with Crippen LogP contribution in [0.2, 0.25) is 0 Å². The number of rotatable bonds is 8. The van der Waals surface area contributed by atoms with E-state index in [4.69, 9.17) is 5.84 Å². The SMILES string of the molecule is CC(=O)NCC1CCN(CCCCCC(=O)NN)CC1. The zero-order valence-corrected chi connectivity index (χ0v) is 12.5. The Labute approximate surface area is 121 Å². The molecule has 1 aliphatic rings. The predicted molar refractivity (Wildman–Crippen MR) is 78.6 cm³/mol. The number of amides is 2. The molecule has 116 valence electrons. The van der Waals surface area contributed by atoms with Crippen LogP contribution >= 0.6 is 0 Å². The van der Waals surface area contributed by atoms with Crippen LogP contribution < -0.4 is 16.6 Å². The van der Waals surface area contributed by atoms with E-state index in [0.717, 1.165) is 58.3 Å². The van der Waals surface area contributed by atoms with Gasteiger partial charge in [0.1, 0.15) is 0 Å². The van der Waals surface area contributed by atoms with Crippen LogP contribution in [0.4, 0.5) is 0 Å². The fourth-order valence-corrected chi connectivity index (χ4v) is 2.57. The third-order valence-corrected chi connectivity index (χ3v) is 3.89. The summed E-state index contributed by atoms with van der Waals surface area (Å²) in [6.07, 6.45) is 5.95. The Kier molecular flexibility index (Phi) is 8.22. The number of carbonyl (C=O) groups is 2. The monoisotopic (exact) mass is 284 g/mol. The molecule has 4 N–H and O–H groups in total. The van der Waals surface area contributed by atoms with Crippen molar-refractivity contribution in [3.05, 3.63) is 0 Å². The first kappa shape index (κ1) is 16.9. The fourth-order valence-electron chi connectivity index (χ4n) is 2.57. The average molecular weight is 284 g/mol. The van der Waals surface area contributed by atoms with Gasteiger partial charge in [0.15, 0.2) is 0 Å². The van der Waals surface area contributed by atoms with Crippen molar-refractivity contribution < 1.29 is 9.59 Å². The van der Waals surface area contributed by atoms with Gasteiger partial charge in [0.2, 0.25) is 11.8 Å². The Morgan fingerprint density at radius 1 is 1.20 bits per heavy atom. The maximum absolute atomic E-state index is 10.9. The van der Waals surface area contributed by atoms with Gasteiger partial charge in [0, 0.05) is 19.9 Å². The van der Waals surface area contributed by atoms with Crippen molar-refractivity contribution in [1.29, 1.82) is 0 Å². The largest absolute Gasteiger partial charge is 0.356 e. The summed E-state index contributed by atoms with van der Waals surface area (Å²) in [7, 11) is 0.